The number of hydrogen-bond donors (Lipinski definition) is 0. The number of rotatable bonds is 0. The summed E-state index contributed by atoms with van der Waals surface area (Å²) in [6, 6.07) is 32.9. The molecular weight excluding hydrogens is 446 g/mol. The van der Waals surface area contributed by atoms with E-state index in [0.29, 0.717) is 0 Å². The molecule has 0 saturated carbocycles. The molecule has 0 aromatic heterocycles. The first-order valence-corrected chi connectivity index (χ1v) is 12.2. The minimum absolute atomic E-state index is 0.0157. The molecule has 0 bridgehead atoms. The summed E-state index contributed by atoms with van der Waals surface area (Å²) < 4.78 is 25.9. The van der Waals surface area contributed by atoms with Crippen LogP contribution in [0.3, 0.4) is 0 Å². The summed E-state index contributed by atoms with van der Waals surface area (Å²) in [6.07, 6.45) is 0. The van der Waals surface area contributed by atoms with Gasteiger partial charge in [-0.15, -0.1) is 0 Å². The van der Waals surface area contributed by atoms with Gasteiger partial charge in [0.25, 0.3) is 13.4 Å². The first-order valence-electron chi connectivity index (χ1n) is 12.2. The number of hydrogen-bond acceptors (Lipinski definition) is 4. The molecule has 9 rings (SSSR count). The summed E-state index contributed by atoms with van der Waals surface area (Å²) in [5.41, 5.74) is 6.56. The van der Waals surface area contributed by atoms with Gasteiger partial charge in [0.2, 0.25) is 0 Å². The van der Waals surface area contributed by atoms with E-state index in [1.165, 1.54) is 0 Å². The summed E-state index contributed by atoms with van der Waals surface area (Å²) in [6.45, 7) is -0.0402. The smallest absolute Gasteiger partial charge is 0.265 e. The summed E-state index contributed by atoms with van der Waals surface area (Å²) in [7, 11) is 0. The molecule has 4 aliphatic heterocycles. The van der Waals surface area contributed by atoms with Crippen LogP contribution in [0.1, 0.15) is 0 Å². The maximum absolute atomic E-state index is 6.76. The Kier molecular flexibility index (Phi) is 3.41. The Hall–Kier alpha value is -4.57. The maximum atomic E-state index is 6.76. The van der Waals surface area contributed by atoms with Gasteiger partial charge >= 0.3 is 0 Å². The standard InChI is InChI=1S/C30H16B2O4/c1-3-9-20-17(7-1)31-19-15-16-26-29(30(19)36-25-14-6-11-22(33-20)27(25)31)32-18-8-2-4-10-21(18)34-23-12-5-13-24(35-26)28(23)32/h1-16H. The zero-order chi connectivity index (χ0) is 23.4. The van der Waals surface area contributed by atoms with Gasteiger partial charge in [0, 0.05) is 16.4 Å². The van der Waals surface area contributed by atoms with Crippen LogP contribution in [0.2, 0.25) is 0 Å². The molecule has 4 heterocycles. The third-order valence-electron chi connectivity index (χ3n) is 7.75. The molecule has 36 heavy (non-hydrogen) atoms. The largest absolute Gasteiger partial charge is 0.459 e. The van der Waals surface area contributed by atoms with E-state index in [9.17, 15) is 0 Å². The second-order valence-electron chi connectivity index (χ2n) is 9.58. The Morgan fingerprint density at radius 3 is 1.47 bits per heavy atom. The molecule has 0 fully saturated rings. The normalized spacial score (nSPS) is 14.3. The molecule has 166 valence electrons. The van der Waals surface area contributed by atoms with Gasteiger partial charge in [-0.1, -0.05) is 54.6 Å². The zero-order valence-electron chi connectivity index (χ0n) is 19.0. The lowest BCUT2D eigenvalue weighted by atomic mass is 9.31. The molecule has 0 amide bonds. The van der Waals surface area contributed by atoms with Crippen molar-refractivity contribution in [2.45, 2.75) is 0 Å². The third-order valence-corrected chi connectivity index (χ3v) is 7.75. The number of benzene rings is 5. The van der Waals surface area contributed by atoms with Crippen molar-refractivity contribution in [1.29, 1.82) is 0 Å². The van der Waals surface area contributed by atoms with E-state index in [-0.39, 0.29) is 13.4 Å². The van der Waals surface area contributed by atoms with Crippen LogP contribution in [-0.4, -0.2) is 13.4 Å². The Balaban J connectivity index is 1.36. The average Bonchev–Trinajstić information content (AvgIpc) is 2.92. The van der Waals surface area contributed by atoms with Crippen LogP contribution in [0.25, 0.3) is 0 Å². The SMILES string of the molecule is c1ccc2c(c1)Oc1cccc3c1B2c1ccc2c(c1O3)B1c3ccccc3Oc3cccc(c31)O2. The fourth-order valence-corrected chi connectivity index (χ4v) is 6.30. The second-order valence-corrected chi connectivity index (χ2v) is 9.58. The van der Waals surface area contributed by atoms with Crippen molar-refractivity contribution in [3.8, 4) is 46.0 Å². The highest BCUT2D eigenvalue weighted by molar-refractivity contribution is 7.01. The molecule has 4 nitrogen and oxygen atoms in total. The topological polar surface area (TPSA) is 36.9 Å². The molecule has 0 aliphatic carbocycles. The quantitative estimate of drug-likeness (QED) is 0.325. The van der Waals surface area contributed by atoms with E-state index in [0.717, 1.165) is 78.8 Å². The Morgan fingerprint density at radius 2 is 0.806 bits per heavy atom. The van der Waals surface area contributed by atoms with E-state index in [1.54, 1.807) is 0 Å². The first-order chi connectivity index (χ1) is 17.8. The number of fused-ring (bicyclic) bond motifs is 9. The monoisotopic (exact) mass is 462 g/mol. The number of ether oxygens (including phenoxy) is 4. The lowest BCUT2D eigenvalue weighted by Crippen LogP contribution is -2.62. The fourth-order valence-electron chi connectivity index (χ4n) is 6.30. The van der Waals surface area contributed by atoms with Crippen LogP contribution in [0.4, 0.5) is 0 Å². The molecule has 0 spiro atoms. The second kappa shape index (κ2) is 6.55. The maximum Gasteiger partial charge on any atom is 0.265 e. The predicted molar refractivity (Wildman–Crippen MR) is 142 cm³/mol. The lowest BCUT2D eigenvalue weighted by Gasteiger charge is -2.37. The molecule has 0 radical (unpaired) electrons. The van der Waals surface area contributed by atoms with Gasteiger partial charge in [-0.25, -0.2) is 0 Å². The van der Waals surface area contributed by atoms with Crippen LogP contribution in [0.5, 0.6) is 46.0 Å². The Bertz CT molecular complexity index is 1770. The van der Waals surface area contributed by atoms with Gasteiger partial charge in [0.15, 0.2) is 0 Å². The Labute approximate surface area is 208 Å². The van der Waals surface area contributed by atoms with E-state index in [4.69, 9.17) is 18.9 Å². The molecule has 0 atom stereocenters. The molecule has 0 N–H and O–H groups in total. The third kappa shape index (κ3) is 2.27. The molecule has 0 unspecified atom stereocenters. The average molecular weight is 462 g/mol. The van der Waals surface area contributed by atoms with Gasteiger partial charge in [0.05, 0.1) is 0 Å². The lowest BCUT2D eigenvalue weighted by molar-refractivity contribution is 0.453. The predicted octanol–water partition coefficient (Wildman–Crippen LogP) is 3.14. The van der Waals surface area contributed by atoms with Crippen molar-refractivity contribution in [1.82, 2.24) is 0 Å². The molecule has 5 aromatic rings. The van der Waals surface area contributed by atoms with E-state index < -0.39 is 0 Å². The highest BCUT2D eigenvalue weighted by Crippen LogP contribution is 2.39. The molecular formula is C30H16B2O4. The highest BCUT2D eigenvalue weighted by atomic mass is 16.5. The van der Waals surface area contributed by atoms with E-state index in [2.05, 4.69) is 36.4 Å². The molecule has 6 heteroatoms. The van der Waals surface area contributed by atoms with Gasteiger partial charge in [-0.3, -0.25) is 0 Å². The van der Waals surface area contributed by atoms with Crippen molar-refractivity contribution in [3.05, 3.63) is 97.1 Å². The number of para-hydroxylation sites is 2. The van der Waals surface area contributed by atoms with Gasteiger partial charge in [-0.2, -0.15) is 0 Å². The summed E-state index contributed by atoms with van der Waals surface area (Å²) in [5.74, 6) is 6.77. The summed E-state index contributed by atoms with van der Waals surface area (Å²) >= 11 is 0. The summed E-state index contributed by atoms with van der Waals surface area (Å²) in [4.78, 5) is 0. The van der Waals surface area contributed by atoms with Crippen molar-refractivity contribution in [2.75, 3.05) is 0 Å². The van der Waals surface area contributed by atoms with Gasteiger partial charge in [0.1, 0.15) is 46.0 Å². The molecule has 0 saturated heterocycles. The van der Waals surface area contributed by atoms with Gasteiger partial charge < -0.3 is 18.9 Å². The van der Waals surface area contributed by atoms with Crippen molar-refractivity contribution in [2.24, 2.45) is 0 Å². The van der Waals surface area contributed by atoms with Crippen LogP contribution in [-0.2, 0) is 0 Å². The van der Waals surface area contributed by atoms with Gasteiger partial charge in [-0.05, 0) is 58.9 Å². The van der Waals surface area contributed by atoms with E-state index in [1.807, 2.05) is 60.7 Å². The van der Waals surface area contributed by atoms with Crippen molar-refractivity contribution < 1.29 is 18.9 Å². The minimum atomic E-state index is -0.0559. The van der Waals surface area contributed by atoms with Crippen molar-refractivity contribution >= 4 is 46.2 Å². The first kappa shape index (κ1) is 18.7. The highest BCUT2D eigenvalue weighted by Gasteiger charge is 2.46. The fraction of sp³-hybridized carbons (Fsp3) is 0. The van der Waals surface area contributed by atoms with Crippen LogP contribution < -0.4 is 51.7 Å². The van der Waals surface area contributed by atoms with Crippen molar-refractivity contribution in [3.63, 3.8) is 0 Å². The van der Waals surface area contributed by atoms with Crippen LogP contribution >= 0.6 is 0 Å². The summed E-state index contributed by atoms with van der Waals surface area (Å²) in [5, 5.41) is 0. The molecule has 5 aromatic carbocycles. The molecule has 4 aliphatic rings. The minimum Gasteiger partial charge on any atom is -0.459 e. The van der Waals surface area contributed by atoms with E-state index >= 15 is 0 Å². The van der Waals surface area contributed by atoms with Crippen LogP contribution in [0.15, 0.2) is 97.1 Å². The zero-order valence-corrected chi connectivity index (χ0v) is 19.0. The van der Waals surface area contributed by atoms with Crippen LogP contribution in [0, 0.1) is 0 Å². The Morgan fingerprint density at radius 1 is 0.333 bits per heavy atom.